The topological polar surface area (TPSA) is 98.4 Å². The van der Waals surface area contributed by atoms with E-state index >= 15 is 0 Å². The van der Waals surface area contributed by atoms with Crippen molar-refractivity contribution in [2.24, 2.45) is 5.73 Å². The molecular weight excluding hydrogens is 284 g/mol. The Labute approximate surface area is 127 Å². The number of nitrogens with zero attached hydrogens (tertiary/aromatic N) is 3. The number of likely N-dealkylation sites (tertiary alicyclic amines) is 1. The molecule has 3 rings (SSSR count). The molecule has 1 aromatic heterocycles. The van der Waals surface area contributed by atoms with E-state index < -0.39 is 11.9 Å². The maximum absolute atomic E-state index is 12.6. The van der Waals surface area contributed by atoms with Gasteiger partial charge in [0.25, 0.3) is 5.91 Å². The van der Waals surface area contributed by atoms with Crippen molar-refractivity contribution in [3.05, 3.63) is 36.2 Å². The fourth-order valence-electron chi connectivity index (χ4n) is 2.67. The summed E-state index contributed by atoms with van der Waals surface area (Å²) in [6, 6.07) is 6.61. The lowest BCUT2D eigenvalue weighted by Crippen LogP contribution is -2.44. The van der Waals surface area contributed by atoms with E-state index in [2.05, 4.69) is 9.97 Å². The third kappa shape index (κ3) is 2.50. The molecule has 114 valence electrons. The first-order chi connectivity index (χ1) is 10.6. The molecule has 0 saturated carbocycles. The SMILES string of the molecule is CO[C@H]1C[C@@H](C(N)=O)N(C(=O)c2cnc3ccccc3n2)C1. The quantitative estimate of drug-likeness (QED) is 0.881. The van der Waals surface area contributed by atoms with Gasteiger partial charge in [-0.3, -0.25) is 14.6 Å². The van der Waals surface area contributed by atoms with Crippen LogP contribution in [0.1, 0.15) is 16.9 Å². The molecule has 1 aromatic carbocycles. The van der Waals surface area contributed by atoms with Crippen LogP contribution in [0.2, 0.25) is 0 Å². The molecule has 1 aliphatic rings. The summed E-state index contributed by atoms with van der Waals surface area (Å²) in [7, 11) is 1.55. The average Bonchev–Trinajstić information content (AvgIpc) is 2.98. The van der Waals surface area contributed by atoms with Crippen LogP contribution in [-0.2, 0) is 9.53 Å². The van der Waals surface area contributed by atoms with Gasteiger partial charge in [0, 0.05) is 20.1 Å². The number of nitrogens with two attached hydrogens (primary N) is 1. The van der Waals surface area contributed by atoms with Gasteiger partial charge in [-0.25, -0.2) is 4.98 Å². The molecule has 2 heterocycles. The van der Waals surface area contributed by atoms with Crippen LogP contribution in [0.5, 0.6) is 0 Å². The van der Waals surface area contributed by atoms with E-state index in [0.29, 0.717) is 24.0 Å². The van der Waals surface area contributed by atoms with Gasteiger partial charge in [0.2, 0.25) is 5.91 Å². The molecule has 2 N–H and O–H groups in total. The van der Waals surface area contributed by atoms with Crippen LogP contribution in [0, 0.1) is 0 Å². The largest absolute Gasteiger partial charge is 0.380 e. The van der Waals surface area contributed by atoms with Gasteiger partial charge in [-0.15, -0.1) is 0 Å². The van der Waals surface area contributed by atoms with E-state index in [1.165, 1.54) is 11.1 Å². The van der Waals surface area contributed by atoms with Crippen LogP contribution in [0.3, 0.4) is 0 Å². The summed E-state index contributed by atoms with van der Waals surface area (Å²) >= 11 is 0. The molecule has 22 heavy (non-hydrogen) atoms. The van der Waals surface area contributed by atoms with Crippen molar-refractivity contribution in [3.8, 4) is 0 Å². The number of carbonyl (C=O) groups excluding carboxylic acids is 2. The summed E-state index contributed by atoms with van der Waals surface area (Å²) in [5.41, 5.74) is 6.92. The Morgan fingerprint density at radius 2 is 2.05 bits per heavy atom. The summed E-state index contributed by atoms with van der Waals surface area (Å²) in [6.45, 7) is 0.317. The minimum absolute atomic E-state index is 0.196. The number of para-hydroxylation sites is 2. The van der Waals surface area contributed by atoms with E-state index in [9.17, 15) is 9.59 Å². The van der Waals surface area contributed by atoms with Crippen LogP contribution < -0.4 is 5.73 Å². The third-order valence-corrected chi connectivity index (χ3v) is 3.85. The molecule has 7 heteroatoms. The normalized spacial score (nSPS) is 21.2. The van der Waals surface area contributed by atoms with Gasteiger partial charge < -0.3 is 15.4 Å². The number of methoxy groups -OCH3 is 1. The molecule has 1 aliphatic heterocycles. The van der Waals surface area contributed by atoms with Crippen LogP contribution in [0.15, 0.2) is 30.5 Å². The number of fused-ring (bicyclic) bond motifs is 1. The maximum atomic E-state index is 12.6. The number of hydrogen-bond donors (Lipinski definition) is 1. The Kier molecular flexibility index (Phi) is 3.72. The standard InChI is InChI=1S/C15H16N4O3/c1-22-9-6-13(14(16)20)19(8-9)15(21)12-7-17-10-4-2-3-5-11(10)18-12/h2-5,7,9,13H,6,8H2,1H3,(H2,16,20)/t9-,13-/m0/s1. The first-order valence-corrected chi connectivity index (χ1v) is 6.95. The van der Waals surface area contributed by atoms with Gasteiger partial charge in [-0.05, 0) is 12.1 Å². The average molecular weight is 300 g/mol. The molecule has 2 aromatic rings. The Balaban J connectivity index is 1.92. The lowest BCUT2D eigenvalue weighted by atomic mass is 10.2. The van der Waals surface area contributed by atoms with E-state index in [-0.39, 0.29) is 17.7 Å². The zero-order valence-corrected chi connectivity index (χ0v) is 12.1. The van der Waals surface area contributed by atoms with Crippen LogP contribution in [-0.4, -0.2) is 52.5 Å². The predicted molar refractivity (Wildman–Crippen MR) is 79.0 cm³/mol. The van der Waals surface area contributed by atoms with Crippen molar-refractivity contribution in [3.63, 3.8) is 0 Å². The molecule has 7 nitrogen and oxygen atoms in total. The number of aromatic nitrogens is 2. The fourth-order valence-corrected chi connectivity index (χ4v) is 2.67. The second-order valence-corrected chi connectivity index (χ2v) is 5.21. The van der Waals surface area contributed by atoms with Gasteiger partial charge in [0.05, 0.1) is 23.3 Å². The Morgan fingerprint density at radius 3 is 2.73 bits per heavy atom. The highest BCUT2D eigenvalue weighted by Crippen LogP contribution is 2.22. The molecule has 2 amide bonds. The van der Waals surface area contributed by atoms with Gasteiger partial charge in [-0.1, -0.05) is 12.1 Å². The van der Waals surface area contributed by atoms with E-state index in [1.54, 1.807) is 13.2 Å². The first-order valence-electron chi connectivity index (χ1n) is 6.95. The lowest BCUT2D eigenvalue weighted by molar-refractivity contribution is -0.121. The lowest BCUT2D eigenvalue weighted by Gasteiger charge is -2.21. The third-order valence-electron chi connectivity index (χ3n) is 3.85. The molecule has 0 aliphatic carbocycles. The Hall–Kier alpha value is -2.54. The summed E-state index contributed by atoms with van der Waals surface area (Å²) < 4.78 is 5.24. The number of amides is 2. The van der Waals surface area contributed by atoms with E-state index in [0.717, 1.165) is 0 Å². The van der Waals surface area contributed by atoms with Crippen molar-refractivity contribution >= 4 is 22.8 Å². The van der Waals surface area contributed by atoms with Crippen molar-refractivity contribution in [1.29, 1.82) is 0 Å². The van der Waals surface area contributed by atoms with E-state index in [4.69, 9.17) is 10.5 Å². The van der Waals surface area contributed by atoms with E-state index in [1.807, 2.05) is 18.2 Å². The van der Waals surface area contributed by atoms with Crippen LogP contribution >= 0.6 is 0 Å². The minimum atomic E-state index is -0.675. The number of primary amides is 1. The van der Waals surface area contributed by atoms with Crippen LogP contribution in [0.25, 0.3) is 11.0 Å². The fraction of sp³-hybridized carbons (Fsp3) is 0.333. The number of carbonyl (C=O) groups is 2. The second kappa shape index (κ2) is 5.69. The number of ether oxygens (including phenoxy) is 1. The maximum Gasteiger partial charge on any atom is 0.274 e. The van der Waals surface area contributed by atoms with Crippen molar-refractivity contribution in [2.75, 3.05) is 13.7 Å². The number of hydrogen-bond acceptors (Lipinski definition) is 5. The Morgan fingerprint density at radius 1 is 1.32 bits per heavy atom. The number of rotatable bonds is 3. The van der Waals surface area contributed by atoms with Gasteiger partial charge >= 0.3 is 0 Å². The van der Waals surface area contributed by atoms with Crippen molar-refractivity contribution in [1.82, 2.24) is 14.9 Å². The highest BCUT2D eigenvalue weighted by atomic mass is 16.5. The van der Waals surface area contributed by atoms with Crippen LogP contribution in [0.4, 0.5) is 0 Å². The second-order valence-electron chi connectivity index (χ2n) is 5.21. The van der Waals surface area contributed by atoms with Crippen molar-refractivity contribution < 1.29 is 14.3 Å². The number of benzene rings is 1. The summed E-state index contributed by atoms with van der Waals surface area (Å²) in [4.78, 5) is 34.1. The summed E-state index contributed by atoms with van der Waals surface area (Å²) in [5.74, 6) is -0.900. The van der Waals surface area contributed by atoms with Crippen molar-refractivity contribution in [2.45, 2.75) is 18.6 Å². The van der Waals surface area contributed by atoms with Gasteiger partial charge in [0.1, 0.15) is 11.7 Å². The Bertz CT molecular complexity index is 734. The van der Waals surface area contributed by atoms with Gasteiger partial charge in [0.15, 0.2) is 0 Å². The zero-order chi connectivity index (χ0) is 15.7. The summed E-state index contributed by atoms with van der Waals surface area (Å²) in [6.07, 6.45) is 1.62. The highest BCUT2D eigenvalue weighted by molar-refractivity contribution is 5.97. The van der Waals surface area contributed by atoms with Gasteiger partial charge in [-0.2, -0.15) is 0 Å². The molecule has 2 atom stereocenters. The molecule has 1 fully saturated rings. The molecule has 1 saturated heterocycles. The zero-order valence-electron chi connectivity index (χ0n) is 12.1. The molecule has 0 spiro atoms. The predicted octanol–water partition coefficient (Wildman–Crippen LogP) is 0.345. The monoisotopic (exact) mass is 300 g/mol. The minimum Gasteiger partial charge on any atom is -0.380 e. The smallest absolute Gasteiger partial charge is 0.274 e. The molecular formula is C15H16N4O3. The highest BCUT2D eigenvalue weighted by Gasteiger charge is 2.39. The molecule has 0 bridgehead atoms. The first kappa shape index (κ1) is 14.4. The molecule has 0 unspecified atom stereocenters. The summed E-state index contributed by atoms with van der Waals surface area (Å²) in [5, 5.41) is 0. The molecule has 0 radical (unpaired) electrons.